The predicted molar refractivity (Wildman–Crippen MR) is 163 cm³/mol. The van der Waals surface area contributed by atoms with Crippen molar-refractivity contribution in [3.8, 4) is 11.5 Å². The molecule has 0 fully saturated rings. The van der Waals surface area contributed by atoms with Gasteiger partial charge >= 0.3 is 0 Å². The highest BCUT2D eigenvalue weighted by atomic mass is 32.2. The van der Waals surface area contributed by atoms with E-state index in [0.29, 0.717) is 45.9 Å². The van der Waals surface area contributed by atoms with Crippen LogP contribution in [0.15, 0.2) is 82.8 Å². The second-order valence-electron chi connectivity index (χ2n) is 9.58. The van der Waals surface area contributed by atoms with Crippen molar-refractivity contribution < 1.29 is 23.9 Å². The molecule has 0 bridgehead atoms. The van der Waals surface area contributed by atoms with Crippen molar-refractivity contribution in [3.63, 3.8) is 0 Å². The average Bonchev–Trinajstić information content (AvgIpc) is 3.34. The molecule has 0 saturated heterocycles. The van der Waals surface area contributed by atoms with Crippen LogP contribution >= 0.6 is 11.8 Å². The molecule has 0 spiro atoms. The van der Waals surface area contributed by atoms with Gasteiger partial charge in [0.25, 0.3) is 5.91 Å². The van der Waals surface area contributed by atoms with Crippen LogP contribution < -0.4 is 20.1 Å². The number of para-hydroxylation sites is 2. The molecule has 216 valence electrons. The van der Waals surface area contributed by atoms with Gasteiger partial charge in [0.15, 0.2) is 5.17 Å². The summed E-state index contributed by atoms with van der Waals surface area (Å²) < 4.78 is 10.6. The van der Waals surface area contributed by atoms with Gasteiger partial charge in [-0.3, -0.25) is 19.4 Å². The fourth-order valence-corrected chi connectivity index (χ4v) is 5.70. The normalized spacial score (nSPS) is 16.0. The molecule has 0 unspecified atom stereocenters. The van der Waals surface area contributed by atoms with Gasteiger partial charge in [-0.1, -0.05) is 55.1 Å². The maximum Gasteiger partial charge on any atom is 0.259 e. The zero-order chi connectivity index (χ0) is 29.6. The average molecular weight is 586 g/mol. The number of ether oxygens (including phenoxy) is 2. The van der Waals surface area contributed by atoms with Crippen LogP contribution in [0, 0.1) is 0 Å². The van der Waals surface area contributed by atoms with Crippen molar-refractivity contribution >= 4 is 51.9 Å². The van der Waals surface area contributed by atoms with E-state index in [1.54, 1.807) is 38.5 Å². The number of benzene rings is 3. The highest BCUT2D eigenvalue weighted by Crippen LogP contribution is 2.36. The Bertz CT molecular complexity index is 1570. The van der Waals surface area contributed by atoms with Gasteiger partial charge in [-0.2, -0.15) is 0 Å². The maximum absolute atomic E-state index is 13.7. The lowest BCUT2D eigenvalue weighted by atomic mass is 10.1. The second kappa shape index (κ2) is 12.9. The number of amides is 3. The Labute approximate surface area is 248 Å². The first-order valence-corrected chi connectivity index (χ1v) is 14.4. The summed E-state index contributed by atoms with van der Waals surface area (Å²) in [6, 6.07) is 21.0. The number of thioether (sulfide) groups is 1. The molecule has 3 amide bonds. The summed E-state index contributed by atoms with van der Waals surface area (Å²) in [5.41, 5.74) is 2.77. The van der Waals surface area contributed by atoms with Gasteiger partial charge in [-0.25, -0.2) is 9.89 Å². The molecule has 2 aliphatic rings. The number of methoxy groups -OCH3 is 2. The minimum absolute atomic E-state index is 0.123. The number of anilines is 1. The summed E-state index contributed by atoms with van der Waals surface area (Å²) in [6.45, 7) is 2.16. The molecule has 2 aliphatic heterocycles. The lowest BCUT2D eigenvalue weighted by Gasteiger charge is -2.27. The Morgan fingerprint density at radius 1 is 1.02 bits per heavy atom. The molecule has 0 saturated carbocycles. The number of rotatable bonds is 10. The van der Waals surface area contributed by atoms with Crippen LogP contribution in [-0.4, -0.2) is 59.1 Å². The number of nitrogens with one attached hydrogen (secondary N) is 2. The number of carbonyl (C=O) groups excluding carboxylic acids is 3. The molecule has 10 nitrogen and oxygen atoms in total. The van der Waals surface area contributed by atoms with E-state index in [1.807, 2.05) is 55.5 Å². The van der Waals surface area contributed by atoms with Crippen LogP contribution in [0.2, 0.25) is 0 Å². The van der Waals surface area contributed by atoms with Crippen molar-refractivity contribution in [2.75, 3.05) is 19.5 Å². The predicted octanol–water partition coefficient (Wildman–Crippen LogP) is 4.52. The molecule has 0 aromatic heterocycles. The van der Waals surface area contributed by atoms with Gasteiger partial charge < -0.3 is 20.1 Å². The summed E-state index contributed by atoms with van der Waals surface area (Å²) in [7, 11) is 3.14. The van der Waals surface area contributed by atoms with Gasteiger partial charge in [0.05, 0.1) is 31.6 Å². The molecule has 2 N–H and O–H groups in total. The largest absolute Gasteiger partial charge is 0.497 e. The molecule has 3 aromatic rings. The zero-order valence-electron chi connectivity index (χ0n) is 23.5. The van der Waals surface area contributed by atoms with Crippen LogP contribution in [0.4, 0.5) is 11.4 Å². The van der Waals surface area contributed by atoms with Crippen molar-refractivity contribution in [2.45, 2.75) is 37.6 Å². The lowest BCUT2D eigenvalue weighted by Crippen LogP contribution is -2.43. The standard InChI is InChI=1S/C31H31N5O5S/c1-4-26(29(38)33-20-11-9-12-21(16-20)40-2)42-31-35-23-14-7-6-13-22(23)28-34-24(30(39)36(28)31)17-27(37)32-18-19-10-5-8-15-25(19)41-3/h5-16,24,26H,4,17-18H2,1-3H3,(H,32,37)(H,33,38)/t24-,26+/m1/s1. The monoisotopic (exact) mass is 585 g/mol. The third-order valence-electron chi connectivity index (χ3n) is 6.84. The Kier molecular flexibility index (Phi) is 8.87. The van der Waals surface area contributed by atoms with Gasteiger partial charge in [-0.15, -0.1) is 0 Å². The third kappa shape index (κ3) is 6.15. The third-order valence-corrected chi connectivity index (χ3v) is 8.16. The topological polar surface area (TPSA) is 122 Å². The van der Waals surface area contributed by atoms with Crippen LogP contribution in [0.5, 0.6) is 11.5 Å². The zero-order valence-corrected chi connectivity index (χ0v) is 24.3. The number of aliphatic imine (C=N–C) groups is 2. The summed E-state index contributed by atoms with van der Waals surface area (Å²) in [4.78, 5) is 50.7. The van der Waals surface area contributed by atoms with Crippen molar-refractivity contribution in [1.29, 1.82) is 0 Å². The molecule has 0 aliphatic carbocycles. The molecule has 11 heteroatoms. The molecule has 2 atom stereocenters. The van der Waals surface area contributed by atoms with E-state index in [2.05, 4.69) is 15.6 Å². The number of hydrogen-bond donors (Lipinski definition) is 2. The highest BCUT2D eigenvalue weighted by Gasteiger charge is 2.43. The summed E-state index contributed by atoms with van der Waals surface area (Å²) in [5.74, 6) is 0.826. The fourth-order valence-electron chi connectivity index (χ4n) is 4.68. The highest BCUT2D eigenvalue weighted by molar-refractivity contribution is 8.15. The van der Waals surface area contributed by atoms with Gasteiger partial charge in [0.2, 0.25) is 11.8 Å². The number of fused-ring (bicyclic) bond motifs is 3. The molecule has 5 rings (SSSR count). The van der Waals surface area contributed by atoms with Gasteiger partial charge in [0.1, 0.15) is 23.4 Å². The van der Waals surface area contributed by atoms with Crippen LogP contribution in [0.3, 0.4) is 0 Å². The van der Waals surface area contributed by atoms with E-state index in [4.69, 9.17) is 14.5 Å². The van der Waals surface area contributed by atoms with Crippen molar-refractivity contribution in [3.05, 3.63) is 83.9 Å². The Hall–Kier alpha value is -4.64. The molecule has 42 heavy (non-hydrogen) atoms. The quantitative estimate of drug-likeness (QED) is 0.361. The van der Waals surface area contributed by atoms with E-state index in [0.717, 1.165) is 5.56 Å². The first-order chi connectivity index (χ1) is 20.4. The first-order valence-electron chi connectivity index (χ1n) is 13.5. The minimum Gasteiger partial charge on any atom is -0.497 e. The second-order valence-corrected chi connectivity index (χ2v) is 10.8. The molecule has 3 aromatic carbocycles. The summed E-state index contributed by atoms with van der Waals surface area (Å²) in [5, 5.41) is 5.60. The Morgan fingerprint density at radius 3 is 2.60 bits per heavy atom. The minimum atomic E-state index is -0.916. The Morgan fingerprint density at radius 2 is 1.81 bits per heavy atom. The van der Waals surface area contributed by atoms with Gasteiger partial charge in [-0.05, 0) is 36.8 Å². The van der Waals surface area contributed by atoms with Crippen molar-refractivity contribution in [1.82, 2.24) is 10.2 Å². The van der Waals surface area contributed by atoms with E-state index in [9.17, 15) is 14.4 Å². The number of nitrogens with zero attached hydrogens (tertiary/aromatic N) is 3. The fraction of sp³-hybridized carbons (Fsp3) is 0.258. The van der Waals surface area contributed by atoms with E-state index in [1.165, 1.54) is 16.7 Å². The summed E-state index contributed by atoms with van der Waals surface area (Å²) in [6.07, 6.45) is 0.367. The summed E-state index contributed by atoms with van der Waals surface area (Å²) >= 11 is 1.20. The number of carbonyl (C=O) groups is 3. The van der Waals surface area contributed by atoms with Gasteiger partial charge in [0, 0.05) is 29.4 Å². The van der Waals surface area contributed by atoms with Crippen molar-refractivity contribution in [2.24, 2.45) is 9.98 Å². The number of amidine groups is 2. The molecular weight excluding hydrogens is 554 g/mol. The Balaban J connectivity index is 1.32. The molecular formula is C31H31N5O5S. The number of hydrogen-bond acceptors (Lipinski definition) is 8. The maximum atomic E-state index is 13.7. The van der Waals surface area contributed by atoms with E-state index in [-0.39, 0.29) is 30.7 Å². The smallest absolute Gasteiger partial charge is 0.259 e. The lowest BCUT2D eigenvalue weighted by molar-refractivity contribution is -0.128. The van der Waals surface area contributed by atoms with Crippen LogP contribution in [-0.2, 0) is 20.9 Å². The molecule has 2 heterocycles. The first kappa shape index (κ1) is 28.9. The SMILES string of the molecule is CC[C@H](SC1=Nc2ccccc2C2=N[C@H](CC(=O)NCc3ccccc3OC)C(=O)N12)C(=O)Nc1cccc(OC)c1. The molecule has 0 radical (unpaired) electrons. The van der Waals surface area contributed by atoms with E-state index < -0.39 is 11.3 Å². The van der Waals surface area contributed by atoms with Crippen LogP contribution in [0.1, 0.15) is 30.9 Å². The van der Waals surface area contributed by atoms with Crippen LogP contribution in [0.25, 0.3) is 0 Å². The van der Waals surface area contributed by atoms with E-state index >= 15 is 0 Å².